The van der Waals surface area contributed by atoms with Crippen LogP contribution in [0.5, 0.6) is 0 Å². The van der Waals surface area contributed by atoms with Crippen LogP contribution in [0, 0.1) is 11.3 Å². The zero-order valence-corrected chi connectivity index (χ0v) is 7.82. The quantitative estimate of drug-likeness (QED) is 0.506. The Morgan fingerprint density at radius 3 is 2.60 bits per heavy atom. The van der Waals surface area contributed by atoms with E-state index in [1.807, 2.05) is 6.07 Å². The number of thiol groups is 2. The number of rotatable bonds is 3. The molecule has 0 bridgehead atoms. The smallest absolute Gasteiger partial charge is 0.109 e. The lowest BCUT2D eigenvalue weighted by molar-refractivity contribution is 0.0841. The molecule has 0 aliphatic heterocycles. The van der Waals surface area contributed by atoms with Crippen LogP contribution in [-0.2, 0) is 4.74 Å². The Morgan fingerprint density at radius 1 is 1.80 bits per heavy atom. The van der Waals surface area contributed by atoms with Crippen molar-refractivity contribution in [3.63, 3.8) is 0 Å². The Kier molecular flexibility index (Phi) is 4.18. The fourth-order valence-electron chi connectivity index (χ4n) is 0.488. The van der Waals surface area contributed by atoms with Gasteiger partial charge in [-0.05, 0) is 6.92 Å². The Hall–Kier alpha value is 0.150. The maximum atomic E-state index is 8.38. The SMILES string of the molecule is COC(C)(S)CC(S)C#N. The Balaban J connectivity index is 3.79. The fourth-order valence-corrected chi connectivity index (χ4v) is 1.16. The molecule has 4 heteroatoms. The predicted octanol–water partition coefficient (Wildman–Crippen LogP) is 1.49. The number of nitriles is 1. The molecule has 0 amide bonds. The van der Waals surface area contributed by atoms with E-state index in [1.165, 1.54) is 0 Å². The summed E-state index contributed by atoms with van der Waals surface area (Å²) in [5.74, 6) is 0. The van der Waals surface area contributed by atoms with Crippen LogP contribution >= 0.6 is 25.3 Å². The molecule has 2 nitrogen and oxygen atoms in total. The van der Waals surface area contributed by atoms with Gasteiger partial charge in [0.15, 0.2) is 0 Å². The van der Waals surface area contributed by atoms with Crippen molar-refractivity contribution < 1.29 is 4.74 Å². The first kappa shape index (κ1) is 10.2. The average Bonchev–Trinajstić information content (AvgIpc) is 1.87. The van der Waals surface area contributed by atoms with Crippen molar-refractivity contribution in [3.8, 4) is 6.07 Å². The minimum atomic E-state index is -0.540. The molecule has 2 atom stereocenters. The van der Waals surface area contributed by atoms with Gasteiger partial charge in [0.25, 0.3) is 0 Å². The number of ether oxygens (including phenoxy) is 1. The molecule has 0 aromatic heterocycles. The van der Waals surface area contributed by atoms with Crippen LogP contribution in [0.15, 0.2) is 0 Å². The Bertz CT molecular complexity index is 141. The van der Waals surface area contributed by atoms with Crippen molar-refractivity contribution in [2.45, 2.75) is 23.5 Å². The molecule has 0 aromatic carbocycles. The highest BCUT2D eigenvalue weighted by Gasteiger charge is 2.21. The molecular weight excluding hydrogens is 166 g/mol. The zero-order valence-electron chi connectivity index (χ0n) is 6.03. The van der Waals surface area contributed by atoms with Gasteiger partial charge in [-0.1, -0.05) is 0 Å². The Morgan fingerprint density at radius 2 is 2.30 bits per heavy atom. The second-order valence-electron chi connectivity index (χ2n) is 2.23. The number of hydrogen-bond acceptors (Lipinski definition) is 4. The summed E-state index contributed by atoms with van der Waals surface area (Å²) in [6.45, 7) is 1.80. The molecule has 0 aliphatic carbocycles. The predicted molar refractivity (Wildman–Crippen MR) is 47.4 cm³/mol. The van der Waals surface area contributed by atoms with Crippen molar-refractivity contribution in [3.05, 3.63) is 0 Å². The lowest BCUT2D eigenvalue weighted by atomic mass is 10.2. The first-order valence-corrected chi connectivity index (χ1v) is 3.83. The number of methoxy groups -OCH3 is 1. The maximum Gasteiger partial charge on any atom is 0.109 e. The van der Waals surface area contributed by atoms with Crippen LogP contribution in [0.1, 0.15) is 13.3 Å². The van der Waals surface area contributed by atoms with Gasteiger partial charge in [-0.2, -0.15) is 17.9 Å². The summed E-state index contributed by atoms with van der Waals surface area (Å²) < 4.78 is 4.97. The largest absolute Gasteiger partial charge is 0.368 e. The summed E-state index contributed by atoms with van der Waals surface area (Å²) in [7, 11) is 1.56. The van der Waals surface area contributed by atoms with Crippen LogP contribution in [0.3, 0.4) is 0 Å². The topological polar surface area (TPSA) is 33.0 Å². The van der Waals surface area contributed by atoms with Gasteiger partial charge in [-0.3, -0.25) is 0 Å². The number of nitrogens with zero attached hydrogens (tertiary/aromatic N) is 1. The second kappa shape index (κ2) is 4.12. The molecule has 0 spiro atoms. The van der Waals surface area contributed by atoms with Gasteiger partial charge in [-0.25, -0.2) is 0 Å². The molecular formula is C6H11NOS2. The van der Waals surface area contributed by atoms with Crippen LogP contribution in [0.4, 0.5) is 0 Å². The minimum Gasteiger partial charge on any atom is -0.368 e. The lowest BCUT2D eigenvalue weighted by Gasteiger charge is -2.21. The molecule has 0 N–H and O–H groups in total. The molecule has 0 radical (unpaired) electrons. The second-order valence-corrected chi connectivity index (χ2v) is 3.80. The van der Waals surface area contributed by atoms with E-state index in [0.717, 1.165) is 0 Å². The van der Waals surface area contributed by atoms with E-state index in [2.05, 4.69) is 25.3 Å². The van der Waals surface area contributed by atoms with Gasteiger partial charge < -0.3 is 4.74 Å². The van der Waals surface area contributed by atoms with E-state index < -0.39 is 4.93 Å². The van der Waals surface area contributed by atoms with Crippen molar-refractivity contribution >= 4 is 25.3 Å². The molecule has 0 aromatic rings. The van der Waals surface area contributed by atoms with Crippen LogP contribution in [0.2, 0.25) is 0 Å². The van der Waals surface area contributed by atoms with Gasteiger partial charge in [-0.15, -0.1) is 12.6 Å². The van der Waals surface area contributed by atoms with Gasteiger partial charge in [0, 0.05) is 13.5 Å². The van der Waals surface area contributed by atoms with Gasteiger partial charge in [0.2, 0.25) is 0 Å². The molecule has 58 valence electrons. The molecule has 0 saturated heterocycles. The fraction of sp³-hybridized carbons (Fsp3) is 0.833. The monoisotopic (exact) mass is 177 g/mol. The van der Waals surface area contributed by atoms with E-state index >= 15 is 0 Å². The van der Waals surface area contributed by atoms with Crippen LogP contribution in [0.25, 0.3) is 0 Å². The standard InChI is InChI=1S/C6H11NOS2/c1-6(10,8-2)3-5(9)4-7/h5,9-10H,3H2,1-2H3. The maximum absolute atomic E-state index is 8.38. The highest BCUT2D eigenvalue weighted by atomic mass is 32.1. The molecule has 2 unspecified atom stereocenters. The summed E-state index contributed by atoms with van der Waals surface area (Å²) in [6.07, 6.45) is 0.520. The highest BCUT2D eigenvalue weighted by molar-refractivity contribution is 7.82. The normalized spacial score (nSPS) is 19.1. The van der Waals surface area contributed by atoms with E-state index in [1.54, 1.807) is 14.0 Å². The Labute approximate surface area is 72.4 Å². The zero-order chi connectivity index (χ0) is 8.20. The molecule has 0 rings (SSSR count). The van der Waals surface area contributed by atoms with Crippen molar-refractivity contribution in [1.29, 1.82) is 5.26 Å². The lowest BCUT2D eigenvalue weighted by Crippen LogP contribution is -2.23. The van der Waals surface area contributed by atoms with E-state index in [-0.39, 0.29) is 5.25 Å². The molecule has 0 aliphatic rings. The highest BCUT2D eigenvalue weighted by Crippen LogP contribution is 2.22. The van der Waals surface area contributed by atoms with E-state index in [9.17, 15) is 0 Å². The minimum absolute atomic E-state index is 0.303. The third kappa shape index (κ3) is 4.04. The van der Waals surface area contributed by atoms with Crippen LogP contribution in [-0.4, -0.2) is 17.3 Å². The summed E-state index contributed by atoms with van der Waals surface area (Å²) in [6, 6.07) is 1.99. The summed E-state index contributed by atoms with van der Waals surface area (Å²) >= 11 is 8.15. The third-order valence-corrected chi connectivity index (χ3v) is 1.82. The van der Waals surface area contributed by atoms with Gasteiger partial charge in [0.1, 0.15) is 4.93 Å². The summed E-state index contributed by atoms with van der Waals surface area (Å²) in [5.41, 5.74) is 0. The molecule has 0 fully saturated rings. The van der Waals surface area contributed by atoms with Gasteiger partial charge >= 0.3 is 0 Å². The van der Waals surface area contributed by atoms with Crippen molar-refractivity contribution in [2.75, 3.05) is 7.11 Å². The van der Waals surface area contributed by atoms with E-state index in [0.29, 0.717) is 6.42 Å². The van der Waals surface area contributed by atoms with Gasteiger partial charge in [0.05, 0.1) is 11.3 Å². The van der Waals surface area contributed by atoms with Crippen molar-refractivity contribution in [2.24, 2.45) is 0 Å². The van der Waals surface area contributed by atoms with Crippen LogP contribution < -0.4 is 0 Å². The first-order chi connectivity index (χ1) is 4.52. The van der Waals surface area contributed by atoms with E-state index in [4.69, 9.17) is 10.00 Å². The molecule has 10 heavy (non-hydrogen) atoms. The number of hydrogen-bond donors (Lipinski definition) is 2. The summed E-state index contributed by atoms with van der Waals surface area (Å²) in [5, 5.41) is 8.07. The first-order valence-electron chi connectivity index (χ1n) is 2.87. The average molecular weight is 177 g/mol. The molecule has 0 heterocycles. The summed E-state index contributed by atoms with van der Waals surface area (Å²) in [4.78, 5) is -0.540. The third-order valence-electron chi connectivity index (χ3n) is 1.16. The van der Waals surface area contributed by atoms with Crippen molar-refractivity contribution in [1.82, 2.24) is 0 Å². The molecule has 0 saturated carbocycles.